The first-order chi connectivity index (χ1) is 4.83. The Morgan fingerprint density at radius 2 is 2.00 bits per heavy atom. The molecule has 10 heavy (non-hydrogen) atoms. The van der Waals surface area contributed by atoms with Crippen molar-refractivity contribution in [3.8, 4) is 0 Å². The zero-order chi connectivity index (χ0) is 7.61. The van der Waals surface area contributed by atoms with E-state index in [-0.39, 0.29) is 5.41 Å². The lowest BCUT2D eigenvalue weighted by Gasteiger charge is -2.04. The summed E-state index contributed by atoms with van der Waals surface area (Å²) in [6.45, 7) is 5.52. The zero-order valence-electron chi connectivity index (χ0n) is 6.78. The van der Waals surface area contributed by atoms with Gasteiger partial charge in [-0.3, -0.25) is 0 Å². The van der Waals surface area contributed by atoms with Gasteiger partial charge in [0.1, 0.15) is 6.17 Å². The fourth-order valence-corrected chi connectivity index (χ4v) is 1.43. The monoisotopic (exact) mass is 145 g/mol. The maximum Gasteiger partial charge on any atom is 0.119 e. The Morgan fingerprint density at radius 1 is 1.40 bits per heavy atom. The summed E-state index contributed by atoms with van der Waals surface area (Å²) in [6, 6.07) is 0. The third-order valence-electron chi connectivity index (χ3n) is 2.36. The van der Waals surface area contributed by atoms with Crippen LogP contribution in [0, 0.1) is 5.41 Å². The van der Waals surface area contributed by atoms with Crippen LogP contribution in [0.3, 0.4) is 0 Å². The fourth-order valence-electron chi connectivity index (χ4n) is 1.43. The molecule has 0 aromatic carbocycles. The molecule has 60 valence electrons. The molecule has 0 radical (unpaired) electrons. The zero-order valence-corrected chi connectivity index (χ0v) is 6.78. The van der Waals surface area contributed by atoms with Crippen molar-refractivity contribution in [2.24, 2.45) is 5.41 Å². The molecule has 1 unspecified atom stereocenters. The Labute approximate surface area is 62.0 Å². The molecule has 1 saturated heterocycles. The van der Waals surface area contributed by atoms with Gasteiger partial charge in [-0.05, 0) is 12.8 Å². The van der Waals surface area contributed by atoms with Gasteiger partial charge in [0.15, 0.2) is 0 Å². The van der Waals surface area contributed by atoms with Crippen molar-refractivity contribution in [3.63, 3.8) is 0 Å². The third-order valence-corrected chi connectivity index (χ3v) is 2.36. The number of hydrogen-bond donors (Lipinski definition) is 1. The lowest BCUT2D eigenvalue weighted by molar-refractivity contribution is 0.267. The number of halogens is 1. The summed E-state index contributed by atoms with van der Waals surface area (Å²) in [5, 5.41) is 3.05. The van der Waals surface area contributed by atoms with Crippen LogP contribution in [0.1, 0.15) is 26.7 Å². The van der Waals surface area contributed by atoms with Crippen molar-refractivity contribution in [1.82, 2.24) is 5.32 Å². The van der Waals surface area contributed by atoms with E-state index >= 15 is 0 Å². The van der Waals surface area contributed by atoms with Gasteiger partial charge in [0.05, 0.1) is 0 Å². The molecular formula is C8H16FN. The number of rotatable bonds is 0. The Kier molecular flexibility index (Phi) is 2.29. The largest absolute Gasteiger partial charge is 0.313 e. The first kappa shape index (κ1) is 7.99. The molecule has 1 nitrogen and oxygen atoms in total. The molecule has 0 bridgehead atoms. The van der Waals surface area contributed by atoms with E-state index < -0.39 is 6.17 Å². The van der Waals surface area contributed by atoms with Crippen LogP contribution in [0.5, 0.6) is 0 Å². The molecule has 1 heterocycles. The molecule has 2 rings (SSSR count). The molecule has 2 heteroatoms. The maximum atomic E-state index is 12.7. The number of alkyl halides is 1. The summed E-state index contributed by atoms with van der Waals surface area (Å²) >= 11 is 0. The van der Waals surface area contributed by atoms with E-state index in [0.29, 0.717) is 6.54 Å². The summed E-state index contributed by atoms with van der Waals surface area (Å²) in [5.41, 5.74) is 0.125. The molecule has 0 aromatic heterocycles. The molecule has 2 fully saturated rings. The minimum atomic E-state index is -0.539. The molecule has 0 amide bonds. The van der Waals surface area contributed by atoms with Crippen LogP contribution in [0.25, 0.3) is 0 Å². The van der Waals surface area contributed by atoms with Gasteiger partial charge in [0.2, 0.25) is 0 Å². The summed E-state index contributed by atoms with van der Waals surface area (Å²) in [7, 11) is 0. The molecule has 1 saturated carbocycles. The van der Waals surface area contributed by atoms with E-state index in [9.17, 15) is 4.39 Å². The van der Waals surface area contributed by atoms with E-state index in [1.807, 2.05) is 13.8 Å². The SMILES string of the molecule is CC.FC1CNCC12CC2. The van der Waals surface area contributed by atoms with Crippen LogP contribution in [-0.4, -0.2) is 19.3 Å². The van der Waals surface area contributed by atoms with Crippen molar-refractivity contribution >= 4 is 0 Å². The van der Waals surface area contributed by atoms with E-state index in [2.05, 4.69) is 5.32 Å². The number of hydrogen-bond acceptors (Lipinski definition) is 1. The lowest BCUT2D eigenvalue weighted by Crippen LogP contribution is -2.12. The summed E-state index contributed by atoms with van der Waals surface area (Å²) < 4.78 is 12.7. The summed E-state index contributed by atoms with van der Waals surface area (Å²) in [6.07, 6.45) is 1.69. The predicted molar refractivity (Wildman–Crippen MR) is 40.8 cm³/mol. The highest BCUT2D eigenvalue weighted by molar-refractivity contribution is 5.05. The minimum Gasteiger partial charge on any atom is -0.313 e. The van der Waals surface area contributed by atoms with E-state index in [1.54, 1.807) is 0 Å². The van der Waals surface area contributed by atoms with Gasteiger partial charge in [0.25, 0.3) is 0 Å². The van der Waals surface area contributed by atoms with Gasteiger partial charge in [0, 0.05) is 18.5 Å². The second-order valence-corrected chi connectivity index (χ2v) is 2.96. The average molecular weight is 145 g/mol. The van der Waals surface area contributed by atoms with Crippen LogP contribution >= 0.6 is 0 Å². The Bertz CT molecular complexity index is 110. The molecule has 1 aliphatic heterocycles. The first-order valence-corrected chi connectivity index (χ1v) is 4.18. The van der Waals surface area contributed by atoms with Crippen LogP contribution < -0.4 is 5.32 Å². The highest BCUT2D eigenvalue weighted by Crippen LogP contribution is 2.51. The van der Waals surface area contributed by atoms with Gasteiger partial charge < -0.3 is 5.32 Å². The quantitative estimate of drug-likeness (QED) is 0.547. The molecule has 2 aliphatic rings. The van der Waals surface area contributed by atoms with Crippen LogP contribution in [0.15, 0.2) is 0 Å². The van der Waals surface area contributed by atoms with Crippen LogP contribution in [0.2, 0.25) is 0 Å². The van der Waals surface area contributed by atoms with Crippen molar-refractivity contribution in [1.29, 1.82) is 0 Å². The Morgan fingerprint density at radius 3 is 2.20 bits per heavy atom. The van der Waals surface area contributed by atoms with Crippen LogP contribution in [-0.2, 0) is 0 Å². The Balaban J connectivity index is 0.000000231. The molecule has 0 aromatic rings. The second-order valence-electron chi connectivity index (χ2n) is 2.96. The van der Waals surface area contributed by atoms with Gasteiger partial charge >= 0.3 is 0 Å². The normalized spacial score (nSPS) is 33.3. The van der Waals surface area contributed by atoms with Crippen molar-refractivity contribution in [2.45, 2.75) is 32.9 Å². The fraction of sp³-hybridized carbons (Fsp3) is 1.00. The molecule has 1 spiro atoms. The molecular weight excluding hydrogens is 129 g/mol. The maximum absolute atomic E-state index is 12.7. The third kappa shape index (κ3) is 1.17. The average Bonchev–Trinajstić information content (AvgIpc) is 2.65. The minimum absolute atomic E-state index is 0.125. The molecule has 1 N–H and O–H groups in total. The highest BCUT2D eigenvalue weighted by atomic mass is 19.1. The molecule has 1 atom stereocenters. The van der Waals surface area contributed by atoms with E-state index in [4.69, 9.17) is 0 Å². The second kappa shape index (κ2) is 2.87. The predicted octanol–water partition coefficient (Wildman–Crippen LogP) is 1.73. The topological polar surface area (TPSA) is 12.0 Å². The summed E-state index contributed by atoms with van der Waals surface area (Å²) in [4.78, 5) is 0. The summed E-state index contributed by atoms with van der Waals surface area (Å²) in [5.74, 6) is 0. The lowest BCUT2D eigenvalue weighted by atomic mass is 10.1. The van der Waals surface area contributed by atoms with Crippen molar-refractivity contribution < 1.29 is 4.39 Å². The van der Waals surface area contributed by atoms with Gasteiger partial charge in [-0.25, -0.2) is 4.39 Å². The Hall–Kier alpha value is -0.110. The van der Waals surface area contributed by atoms with Gasteiger partial charge in [-0.15, -0.1) is 0 Å². The highest BCUT2D eigenvalue weighted by Gasteiger charge is 2.52. The van der Waals surface area contributed by atoms with Crippen molar-refractivity contribution in [3.05, 3.63) is 0 Å². The molecule has 1 aliphatic carbocycles. The first-order valence-electron chi connectivity index (χ1n) is 4.18. The van der Waals surface area contributed by atoms with Gasteiger partial charge in [-0.1, -0.05) is 13.8 Å². The smallest absolute Gasteiger partial charge is 0.119 e. The standard InChI is InChI=1S/C6H10FN.C2H6/c7-5-3-8-4-6(5)1-2-6;1-2/h5,8H,1-4H2;1-2H3. The number of nitrogens with one attached hydrogen (secondary N) is 1. The van der Waals surface area contributed by atoms with E-state index in [1.165, 1.54) is 0 Å². The van der Waals surface area contributed by atoms with Gasteiger partial charge in [-0.2, -0.15) is 0 Å². The van der Waals surface area contributed by atoms with Crippen molar-refractivity contribution in [2.75, 3.05) is 13.1 Å². The van der Waals surface area contributed by atoms with E-state index in [0.717, 1.165) is 19.4 Å². The van der Waals surface area contributed by atoms with Crippen LogP contribution in [0.4, 0.5) is 4.39 Å².